The van der Waals surface area contributed by atoms with Crippen LogP contribution in [0.15, 0.2) is 0 Å². The number of aliphatic hydroxyl groups excluding tert-OH is 2. The van der Waals surface area contributed by atoms with Crippen molar-refractivity contribution in [1.29, 1.82) is 0 Å². The molecule has 0 aromatic heterocycles. The second kappa shape index (κ2) is 8.21. The highest BCUT2D eigenvalue weighted by Gasteiger charge is 2.57. The van der Waals surface area contributed by atoms with Gasteiger partial charge in [-0.25, -0.2) is 0 Å². The van der Waals surface area contributed by atoms with Crippen molar-refractivity contribution < 1.29 is 40.5 Å². The number of Topliss-reactive ketones (excluding diaryl/α,β-unsaturated/α-hetero) is 2. The summed E-state index contributed by atoms with van der Waals surface area (Å²) in [6.07, 6.45) is -7.54. The summed E-state index contributed by atoms with van der Waals surface area (Å²) >= 11 is 0. The van der Waals surface area contributed by atoms with Gasteiger partial charge in [0.1, 0.15) is 30.7 Å². The molecule has 0 aromatic rings. The zero-order valence-corrected chi connectivity index (χ0v) is 13.4. The van der Waals surface area contributed by atoms with Crippen molar-refractivity contribution in [2.24, 2.45) is 11.5 Å². The molecule has 7 atom stereocenters. The normalized spacial score (nSPS) is 37.9. The van der Waals surface area contributed by atoms with E-state index in [4.69, 9.17) is 22.3 Å². The third kappa shape index (κ3) is 4.22. The minimum absolute atomic E-state index is 0.121. The smallest absolute Gasteiger partial charge is 0.245 e. The molecule has 24 heavy (non-hydrogen) atoms. The molecule has 0 saturated carbocycles. The molecule has 7 N–H and O–H groups in total. The number of aldehydes is 1. The molecule has 0 amide bonds. The minimum atomic E-state index is -2.78. The van der Waals surface area contributed by atoms with Gasteiger partial charge in [0.15, 0.2) is 5.78 Å². The van der Waals surface area contributed by atoms with Gasteiger partial charge in [-0.2, -0.15) is 0 Å². The highest BCUT2D eigenvalue weighted by molar-refractivity contribution is 6.04. The summed E-state index contributed by atoms with van der Waals surface area (Å²) in [5.41, 5.74) is 11.1. The number of hydrogen-bond acceptors (Lipinski definition) is 10. The van der Waals surface area contributed by atoms with Crippen LogP contribution in [0.25, 0.3) is 0 Å². The molecule has 1 aliphatic rings. The summed E-state index contributed by atoms with van der Waals surface area (Å²) in [5.74, 6) is -4.60. The summed E-state index contributed by atoms with van der Waals surface area (Å²) in [6, 6.07) is -2.70. The Morgan fingerprint density at radius 3 is 2.54 bits per heavy atom. The lowest BCUT2D eigenvalue weighted by molar-refractivity contribution is -0.304. The fourth-order valence-electron chi connectivity index (χ4n) is 2.25. The fraction of sp³-hybridized carbons (Fsp3) is 0.786. The molecule has 1 rings (SSSR count). The van der Waals surface area contributed by atoms with E-state index in [0.717, 1.165) is 6.92 Å². The third-order valence-corrected chi connectivity index (χ3v) is 3.76. The zero-order valence-electron chi connectivity index (χ0n) is 14.4. The van der Waals surface area contributed by atoms with Gasteiger partial charge in [0.05, 0.1) is 26.5 Å². The monoisotopic (exact) mass is 349 g/mol. The Morgan fingerprint density at radius 2 is 2.08 bits per heavy atom. The molecular weight excluding hydrogens is 324 g/mol. The Balaban J connectivity index is 3.15. The SMILES string of the molecule is [2H]C(C)(C=O)O[C@H]1[C@H](O)[C@@H](CO)O[C@@](O)(C(=O)CC(=O)[C@H](C)N)[C@@H]1N. The van der Waals surface area contributed by atoms with Gasteiger partial charge >= 0.3 is 0 Å². The number of rotatable bonds is 8. The van der Waals surface area contributed by atoms with Crippen LogP contribution in [0.2, 0.25) is 0 Å². The molecule has 0 aliphatic carbocycles. The van der Waals surface area contributed by atoms with Gasteiger partial charge in [-0.1, -0.05) is 0 Å². The molecule has 0 bridgehead atoms. The highest BCUT2D eigenvalue weighted by Crippen LogP contribution is 2.31. The topological polar surface area (TPSA) is 182 Å². The Hall–Kier alpha value is -1.27. The Kier molecular flexibility index (Phi) is 6.52. The van der Waals surface area contributed by atoms with Crippen LogP contribution in [0.1, 0.15) is 21.6 Å². The molecule has 1 fully saturated rings. The third-order valence-electron chi connectivity index (χ3n) is 3.76. The van der Waals surface area contributed by atoms with Crippen molar-refractivity contribution in [3.05, 3.63) is 0 Å². The summed E-state index contributed by atoms with van der Waals surface area (Å²) < 4.78 is 17.7. The highest BCUT2D eigenvalue weighted by atomic mass is 16.7. The summed E-state index contributed by atoms with van der Waals surface area (Å²) in [5, 5.41) is 30.0. The number of carbonyl (C=O) groups excluding carboxylic acids is 3. The number of carbonyl (C=O) groups is 3. The first-order valence-electron chi connectivity index (χ1n) is 7.80. The molecule has 1 unspecified atom stereocenters. The molecular formula is C14H24N2O8. The van der Waals surface area contributed by atoms with E-state index in [1.807, 2.05) is 0 Å². The predicted octanol–water partition coefficient (Wildman–Crippen LogP) is -3.40. The quantitative estimate of drug-likeness (QED) is 0.219. The molecule has 1 aliphatic heterocycles. The molecule has 138 valence electrons. The van der Waals surface area contributed by atoms with Gasteiger partial charge in [-0.3, -0.25) is 9.59 Å². The van der Waals surface area contributed by atoms with Gasteiger partial charge in [0.2, 0.25) is 11.6 Å². The van der Waals surface area contributed by atoms with Gasteiger partial charge in [0, 0.05) is 0 Å². The van der Waals surface area contributed by atoms with Crippen LogP contribution < -0.4 is 11.5 Å². The van der Waals surface area contributed by atoms with Crippen LogP contribution >= 0.6 is 0 Å². The average Bonchev–Trinajstić information content (AvgIpc) is 2.54. The minimum Gasteiger partial charge on any atom is -0.394 e. The first kappa shape index (κ1) is 19.1. The van der Waals surface area contributed by atoms with Crippen molar-refractivity contribution in [2.45, 2.75) is 62.5 Å². The Labute approximate surface area is 140 Å². The first-order chi connectivity index (χ1) is 11.4. The van der Waals surface area contributed by atoms with Gasteiger partial charge in [-0.05, 0) is 13.8 Å². The fourth-order valence-corrected chi connectivity index (χ4v) is 2.25. The summed E-state index contributed by atoms with van der Waals surface area (Å²) in [6.45, 7) is 1.59. The van der Waals surface area contributed by atoms with E-state index < -0.39 is 66.9 Å². The lowest BCUT2D eigenvalue weighted by Crippen LogP contribution is -2.72. The number of ether oxygens (including phenoxy) is 2. The number of nitrogens with two attached hydrogens (primary N) is 2. The standard InChI is InChI=1S/C14H24N2O8/c1-6(4-17)23-12-11(21)9(5-18)24-14(22,13(12)16)10(20)3-8(19)7(2)15/h4,6-7,9,11-13,18,21-22H,3,5,15-16H2,1-2H3/t6?,7-,9+,11+,12-,13+,14-/m0/s1/i6D. The van der Waals surface area contributed by atoms with Crippen LogP contribution in [0.3, 0.4) is 0 Å². The van der Waals surface area contributed by atoms with Crippen LogP contribution in [0, 0.1) is 0 Å². The number of hydrogen-bond donors (Lipinski definition) is 5. The maximum atomic E-state index is 12.3. The Bertz CT molecular complexity index is 529. The van der Waals surface area contributed by atoms with E-state index in [2.05, 4.69) is 0 Å². The average molecular weight is 349 g/mol. The zero-order chi connectivity index (χ0) is 19.6. The molecule has 0 spiro atoms. The van der Waals surface area contributed by atoms with Crippen LogP contribution in [-0.2, 0) is 23.9 Å². The van der Waals surface area contributed by atoms with Crippen LogP contribution in [0.5, 0.6) is 0 Å². The molecule has 1 saturated heterocycles. The van der Waals surface area contributed by atoms with E-state index in [0.29, 0.717) is 0 Å². The predicted molar refractivity (Wildman–Crippen MR) is 79.6 cm³/mol. The molecule has 0 aromatic carbocycles. The Morgan fingerprint density at radius 1 is 1.50 bits per heavy atom. The number of aliphatic hydroxyl groups is 3. The first-order valence-corrected chi connectivity index (χ1v) is 7.30. The van der Waals surface area contributed by atoms with Crippen molar-refractivity contribution in [2.75, 3.05) is 6.61 Å². The molecule has 0 radical (unpaired) electrons. The van der Waals surface area contributed by atoms with Gasteiger partial charge in [-0.15, -0.1) is 0 Å². The summed E-state index contributed by atoms with van der Waals surface area (Å²) in [4.78, 5) is 34.9. The van der Waals surface area contributed by atoms with E-state index in [1.165, 1.54) is 6.92 Å². The maximum absolute atomic E-state index is 12.3. The lowest BCUT2D eigenvalue weighted by Gasteiger charge is -2.47. The second-order valence-electron chi connectivity index (χ2n) is 5.72. The van der Waals surface area contributed by atoms with Crippen molar-refractivity contribution in [3.63, 3.8) is 0 Å². The lowest BCUT2D eigenvalue weighted by atomic mass is 9.86. The van der Waals surface area contributed by atoms with Gasteiger partial charge in [0.25, 0.3) is 0 Å². The van der Waals surface area contributed by atoms with Crippen LogP contribution in [-0.4, -0.2) is 82.0 Å². The maximum Gasteiger partial charge on any atom is 0.245 e. The molecule has 1 heterocycles. The van der Waals surface area contributed by atoms with Gasteiger partial charge < -0.3 is 41.1 Å². The van der Waals surface area contributed by atoms with Crippen molar-refractivity contribution >= 4 is 17.9 Å². The van der Waals surface area contributed by atoms with Crippen LogP contribution in [0.4, 0.5) is 0 Å². The summed E-state index contributed by atoms with van der Waals surface area (Å²) in [7, 11) is 0. The second-order valence-corrected chi connectivity index (χ2v) is 5.72. The largest absolute Gasteiger partial charge is 0.394 e. The van der Waals surface area contributed by atoms with Crippen molar-refractivity contribution in [3.8, 4) is 0 Å². The van der Waals surface area contributed by atoms with E-state index in [9.17, 15) is 29.7 Å². The van der Waals surface area contributed by atoms with E-state index in [1.54, 1.807) is 0 Å². The van der Waals surface area contributed by atoms with E-state index >= 15 is 0 Å². The molecule has 10 heteroatoms. The van der Waals surface area contributed by atoms with Crippen molar-refractivity contribution in [1.82, 2.24) is 0 Å². The molecule has 10 nitrogen and oxygen atoms in total. The van der Waals surface area contributed by atoms with E-state index in [-0.39, 0.29) is 6.29 Å². The number of ketones is 2.